The molecule has 0 aromatic heterocycles. The fourth-order valence-corrected chi connectivity index (χ4v) is 2.23. The molecule has 9 heteroatoms. The summed E-state index contributed by atoms with van der Waals surface area (Å²) in [5.74, 6) is -0.731. The number of anilines is 1. The molecule has 0 aliphatic heterocycles. The highest BCUT2D eigenvalue weighted by Gasteiger charge is 2.16. The van der Waals surface area contributed by atoms with Crippen LogP contribution in [0.4, 0.5) is 5.69 Å². The molecule has 0 heterocycles. The van der Waals surface area contributed by atoms with Gasteiger partial charge in [-0.1, -0.05) is 0 Å². The second-order valence-corrected chi connectivity index (χ2v) is 5.55. The Kier molecular flexibility index (Phi) is 6.80. The van der Waals surface area contributed by atoms with Gasteiger partial charge in [-0.2, -0.15) is 5.10 Å². The monoisotopic (exact) mass is 387 g/mol. The Morgan fingerprint density at radius 2 is 1.64 bits per heavy atom. The van der Waals surface area contributed by atoms with Gasteiger partial charge in [-0.15, -0.1) is 0 Å². The van der Waals surface area contributed by atoms with Crippen LogP contribution in [0, 0.1) is 0 Å². The summed E-state index contributed by atoms with van der Waals surface area (Å²) in [4.78, 5) is 24.1. The molecule has 28 heavy (non-hydrogen) atoms. The van der Waals surface area contributed by atoms with Crippen LogP contribution in [-0.2, 0) is 9.59 Å². The van der Waals surface area contributed by atoms with Gasteiger partial charge in [0, 0.05) is 11.6 Å². The molecule has 0 aliphatic rings. The molecular weight excluding hydrogens is 366 g/mol. The van der Waals surface area contributed by atoms with Gasteiger partial charge >= 0.3 is 11.8 Å². The summed E-state index contributed by atoms with van der Waals surface area (Å²) in [6.07, 6.45) is 0. The van der Waals surface area contributed by atoms with Crippen LogP contribution in [0.3, 0.4) is 0 Å². The summed E-state index contributed by atoms with van der Waals surface area (Å²) in [5.41, 5.74) is 3.52. The van der Waals surface area contributed by atoms with Crippen LogP contribution >= 0.6 is 0 Å². The van der Waals surface area contributed by atoms with Crippen LogP contribution in [-0.4, -0.2) is 44.0 Å². The summed E-state index contributed by atoms with van der Waals surface area (Å²) in [6, 6.07) is 9.36. The Labute approximate surface area is 161 Å². The SMILES string of the molecule is COc1ccc(NC(=O)C(=O)N/N=C(/C)c2ccc(O)c(OC)c2)c(OC)c1. The van der Waals surface area contributed by atoms with E-state index in [4.69, 9.17) is 14.2 Å². The van der Waals surface area contributed by atoms with Crippen molar-refractivity contribution in [1.29, 1.82) is 0 Å². The lowest BCUT2D eigenvalue weighted by atomic mass is 10.1. The Bertz CT molecular complexity index is 911. The molecular formula is C19H21N3O6. The number of aromatic hydroxyl groups is 1. The lowest BCUT2D eigenvalue weighted by Crippen LogP contribution is -2.33. The minimum absolute atomic E-state index is 0.0177. The molecule has 2 aromatic rings. The first-order chi connectivity index (χ1) is 13.4. The van der Waals surface area contributed by atoms with E-state index in [2.05, 4.69) is 15.8 Å². The van der Waals surface area contributed by atoms with Gasteiger partial charge in [0.05, 0.1) is 32.7 Å². The van der Waals surface area contributed by atoms with Crippen molar-refractivity contribution in [2.75, 3.05) is 26.6 Å². The number of carbonyl (C=O) groups is 2. The smallest absolute Gasteiger partial charge is 0.329 e. The number of phenols is 1. The zero-order valence-corrected chi connectivity index (χ0v) is 15.9. The largest absolute Gasteiger partial charge is 0.504 e. The summed E-state index contributed by atoms with van der Waals surface area (Å²) in [5, 5.41) is 16.0. The lowest BCUT2D eigenvalue weighted by molar-refractivity contribution is -0.136. The van der Waals surface area contributed by atoms with Gasteiger partial charge in [0.25, 0.3) is 0 Å². The molecule has 0 aliphatic carbocycles. The van der Waals surface area contributed by atoms with Gasteiger partial charge in [-0.25, -0.2) is 5.43 Å². The van der Waals surface area contributed by atoms with Crippen LogP contribution in [0.1, 0.15) is 12.5 Å². The second-order valence-electron chi connectivity index (χ2n) is 5.55. The molecule has 0 atom stereocenters. The third-order valence-electron chi connectivity index (χ3n) is 3.79. The van der Waals surface area contributed by atoms with Crippen molar-refractivity contribution in [3.8, 4) is 23.0 Å². The molecule has 2 amide bonds. The average molecular weight is 387 g/mol. The number of hydrogen-bond acceptors (Lipinski definition) is 7. The molecule has 0 saturated carbocycles. The van der Waals surface area contributed by atoms with Gasteiger partial charge in [-0.3, -0.25) is 9.59 Å². The molecule has 148 valence electrons. The van der Waals surface area contributed by atoms with E-state index >= 15 is 0 Å². The highest BCUT2D eigenvalue weighted by atomic mass is 16.5. The fourth-order valence-electron chi connectivity index (χ4n) is 2.23. The quantitative estimate of drug-likeness (QED) is 0.396. The minimum Gasteiger partial charge on any atom is -0.504 e. The Morgan fingerprint density at radius 3 is 2.29 bits per heavy atom. The number of nitrogens with zero attached hydrogens (tertiary/aromatic N) is 1. The number of methoxy groups -OCH3 is 3. The molecule has 2 aromatic carbocycles. The highest BCUT2D eigenvalue weighted by molar-refractivity contribution is 6.39. The van der Waals surface area contributed by atoms with E-state index in [-0.39, 0.29) is 11.5 Å². The standard InChI is InChI=1S/C19H21N3O6/c1-11(12-5-8-15(23)17(9-12)28-4)21-22-19(25)18(24)20-14-7-6-13(26-2)10-16(14)27-3/h5-10,23H,1-4H3,(H,20,24)(H,22,25)/b21-11-. The summed E-state index contributed by atoms with van der Waals surface area (Å²) >= 11 is 0. The van der Waals surface area contributed by atoms with E-state index in [1.54, 1.807) is 37.3 Å². The van der Waals surface area contributed by atoms with Gasteiger partial charge in [-0.05, 0) is 37.3 Å². The van der Waals surface area contributed by atoms with E-state index in [1.165, 1.54) is 27.4 Å². The first-order valence-corrected chi connectivity index (χ1v) is 8.14. The molecule has 0 fully saturated rings. The van der Waals surface area contributed by atoms with Crippen LogP contribution in [0.2, 0.25) is 0 Å². The zero-order chi connectivity index (χ0) is 20.7. The van der Waals surface area contributed by atoms with Gasteiger partial charge in [0.15, 0.2) is 11.5 Å². The number of phenolic OH excluding ortho intramolecular Hbond substituents is 1. The predicted molar refractivity (Wildman–Crippen MR) is 103 cm³/mol. The molecule has 0 unspecified atom stereocenters. The Morgan fingerprint density at radius 1 is 0.929 bits per heavy atom. The third-order valence-corrected chi connectivity index (χ3v) is 3.79. The second kappa shape index (κ2) is 9.26. The maximum Gasteiger partial charge on any atom is 0.329 e. The van der Waals surface area contributed by atoms with Crippen molar-refractivity contribution in [2.45, 2.75) is 6.92 Å². The fraction of sp³-hybridized carbons (Fsp3) is 0.211. The lowest BCUT2D eigenvalue weighted by Gasteiger charge is -2.11. The Hall–Kier alpha value is -3.75. The van der Waals surface area contributed by atoms with Crippen LogP contribution in [0.25, 0.3) is 0 Å². The summed E-state index contributed by atoms with van der Waals surface area (Å²) < 4.78 is 15.3. The molecule has 0 bridgehead atoms. The van der Waals surface area contributed by atoms with Crippen LogP contribution in [0.15, 0.2) is 41.5 Å². The highest BCUT2D eigenvalue weighted by Crippen LogP contribution is 2.29. The molecule has 3 N–H and O–H groups in total. The zero-order valence-electron chi connectivity index (χ0n) is 15.9. The normalized spacial score (nSPS) is 10.8. The molecule has 0 radical (unpaired) electrons. The topological polar surface area (TPSA) is 118 Å². The summed E-state index contributed by atoms with van der Waals surface area (Å²) in [7, 11) is 4.36. The number of nitrogens with one attached hydrogen (secondary N) is 2. The molecule has 0 saturated heterocycles. The molecule has 9 nitrogen and oxygen atoms in total. The summed E-state index contributed by atoms with van der Waals surface area (Å²) in [6.45, 7) is 1.64. The minimum atomic E-state index is -0.956. The van der Waals surface area contributed by atoms with Crippen LogP contribution in [0.5, 0.6) is 23.0 Å². The van der Waals surface area contributed by atoms with Gasteiger partial charge in [0.1, 0.15) is 11.5 Å². The number of benzene rings is 2. The van der Waals surface area contributed by atoms with Crippen LogP contribution < -0.4 is 25.0 Å². The van der Waals surface area contributed by atoms with Crippen molar-refractivity contribution < 1.29 is 28.9 Å². The number of hydrogen-bond donors (Lipinski definition) is 3. The predicted octanol–water partition coefficient (Wildman–Crippen LogP) is 1.90. The average Bonchev–Trinajstić information content (AvgIpc) is 2.72. The number of rotatable bonds is 6. The van der Waals surface area contributed by atoms with Gasteiger partial charge in [0.2, 0.25) is 0 Å². The first-order valence-electron chi connectivity index (χ1n) is 8.14. The van der Waals surface area contributed by atoms with Crippen molar-refractivity contribution in [3.63, 3.8) is 0 Å². The first kappa shape index (κ1) is 20.6. The number of carbonyl (C=O) groups excluding carboxylic acids is 2. The van der Waals surface area contributed by atoms with E-state index < -0.39 is 11.8 Å². The van der Waals surface area contributed by atoms with E-state index in [1.807, 2.05) is 0 Å². The van der Waals surface area contributed by atoms with Crippen molar-refractivity contribution in [3.05, 3.63) is 42.0 Å². The third kappa shape index (κ3) is 4.91. The number of ether oxygens (including phenoxy) is 3. The maximum atomic E-state index is 12.1. The molecule has 0 spiro atoms. The van der Waals surface area contributed by atoms with E-state index in [9.17, 15) is 14.7 Å². The Balaban J connectivity index is 2.06. The maximum absolute atomic E-state index is 12.1. The van der Waals surface area contributed by atoms with E-state index in [0.29, 0.717) is 28.5 Å². The molecule has 2 rings (SSSR count). The van der Waals surface area contributed by atoms with E-state index in [0.717, 1.165) is 0 Å². The number of hydrazone groups is 1. The van der Waals surface area contributed by atoms with Crippen molar-refractivity contribution in [1.82, 2.24) is 5.43 Å². The number of amides is 2. The van der Waals surface area contributed by atoms with Crippen molar-refractivity contribution in [2.24, 2.45) is 5.10 Å². The van der Waals surface area contributed by atoms with Crippen molar-refractivity contribution >= 4 is 23.2 Å². The van der Waals surface area contributed by atoms with Gasteiger partial charge < -0.3 is 24.6 Å².